The lowest BCUT2D eigenvalue weighted by Crippen LogP contribution is -2.33. The molecule has 0 saturated heterocycles. The minimum atomic E-state index is -0.520. The van der Waals surface area contributed by atoms with Gasteiger partial charge >= 0.3 is 0 Å². The van der Waals surface area contributed by atoms with E-state index in [0.29, 0.717) is 0 Å². The van der Waals surface area contributed by atoms with Gasteiger partial charge in [-0.25, -0.2) is 4.98 Å². The Labute approximate surface area is 144 Å². The first-order valence-corrected chi connectivity index (χ1v) is 8.67. The molecule has 2 aromatic carbocycles. The summed E-state index contributed by atoms with van der Waals surface area (Å²) in [6.45, 7) is 2.01. The Morgan fingerprint density at radius 3 is 2.67 bits per heavy atom. The fourth-order valence-electron chi connectivity index (χ4n) is 2.97. The molecule has 0 bridgehead atoms. The van der Waals surface area contributed by atoms with Crippen molar-refractivity contribution in [2.45, 2.75) is 18.9 Å². The van der Waals surface area contributed by atoms with Crippen LogP contribution in [0, 0.1) is 0 Å². The summed E-state index contributed by atoms with van der Waals surface area (Å²) in [5.74, 6) is 0.673. The number of benzene rings is 2. The highest BCUT2D eigenvalue weighted by Gasteiger charge is 2.36. The molecule has 4 rings (SSSR count). The molecule has 1 aromatic heterocycles. The average molecular weight is 336 g/mol. The summed E-state index contributed by atoms with van der Waals surface area (Å²) in [7, 11) is 0. The van der Waals surface area contributed by atoms with E-state index in [1.807, 2.05) is 61.5 Å². The summed E-state index contributed by atoms with van der Waals surface area (Å²) >= 11 is 1.42. The Kier molecular flexibility index (Phi) is 3.78. The first kappa shape index (κ1) is 14.9. The third kappa shape index (κ3) is 2.57. The number of rotatable bonds is 3. The Balaban J connectivity index is 1.56. The van der Waals surface area contributed by atoms with Crippen LogP contribution in [0.4, 0.5) is 5.00 Å². The van der Waals surface area contributed by atoms with E-state index in [9.17, 15) is 4.79 Å². The number of thiazole rings is 1. The summed E-state index contributed by atoms with van der Waals surface area (Å²) in [5, 5.41) is 3.74. The number of para-hydroxylation sites is 1. The van der Waals surface area contributed by atoms with Crippen LogP contribution in [-0.4, -0.2) is 17.0 Å². The van der Waals surface area contributed by atoms with Gasteiger partial charge in [-0.15, -0.1) is 11.3 Å². The van der Waals surface area contributed by atoms with Gasteiger partial charge in [0.15, 0.2) is 6.10 Å². The van der Waals surface area contributed by atoms with Crippen molar-refractivity contribution in [2.24, 2.45) is 0 Å². The lowest BCUT2D eigenvalue weighted by molar-refractivity contribution is -0.122. The lowest BCUT2D eigenvalue weighted by atomic mass is 9.97. The minimum absolute atomic E-state index is 0.0225. The monoisotopic (exact) mass is 336 g/mol. The number of amides is 1. The standard InChI is InChI=1S/C19H16N2O2S/c1-12-14-9-5-6-10-15(14)23-17(12)18(22)21-19-16(20-11-24-19)13-7-3-2-4-8-13/h2-12,17H,1H3,(H,21,22)/t12-,17+/m1/s1. The summed E-state index contributed by atoms with van der Waals surface area (Å²) in [4.78, 5) is 17.1. The highest BCUT2D eigenvalue weighted by molar-refractivity contribution is 7.14. The Morgan fingerprint density at radius 2 is 1.88 bits per heavy atom. The van der Waals surface area contributed by atoms with Crippen molar-refractivity contribution in [1.29, 1.82) is 0 Å². The van der Waals surface area contributed by atoms with Crippen molar-refractivity contribution in [3.05, 3.63) is 65.7 Å². The molecule has 3 aromatic rings. The van der Waals surface area contributed by atoms with Gasteiger partial charge in [0.1, 0.15) is 16.4 Å². The summed E-state index contributed by atoms with van der Waals surface area (Å²) in [5.41, 5.74) is 4.59. The zero-order valence-electron chi connectivity index (χ0n) is 13.1. The Morgan fingerprint density at radius 1 is 1.12 bits per heavy atom. The molecule has 5 heteroatoms. The Hall–Kier alpha value is -2.66. The number of nitrogens with one attached hydrogen (secondary N) is 1. The van der Waals surface area contributed by atoms with E-state index in [2.05, 4.69) is 10.3 Å². The van der Waals surface area contributed by atoms with Gasteiger partial charge in [-0.2, -0.15) is 0 Å². The van der Waals surface area contributed by atoms with Crippen LogP contribution in [0.3, 0.4) is 0 Å². The second-order valence-electron chi connectivity index (χ2n) is 5.75. The molecule has 1 aliphatic rings. The van der Waals surface area contributed by atoms with E-state index in [4.69, 9.17) is 4.74 Å². The topological polar surface area (TPSA) is 51.2 Å². The van der Waals surface area contributed by atoms with Gasteiger partial charge < -0.3 is 10.1 Å². The van der Waals surface area contributed by atoms with Crippen LogP contribution in [0.5, 0.6) is 5.75 Å². The van der Waals surface area contributed by atoms with E-state index >= 15 is 0 Å². The van der Waals surface area contributed by atoms with Gasteiger partial charge in [-0.05, 0) is 6.07 Å². The predicted molar refractivity (Wildman–Crippen MR) is 95.5 cm³/mol. The number of aromatic nitrogens is 1. The van der Waals surface area contributed by atoms with Gasteiger partial charge in [0, 0.05) is 17.0 Å². The first-order valence-electron chi connectivity index (χ1n) is 7.79. The second-order valence-corrected chi connectivity index (χ2v) is 6.61. The molecule has 1 N–H and O–H groups in total. The summed E-state index contributed by atoms with van der Waals surface area (Å²) in [6, 6.07) is 17.6. The zero-order valence-corrected chi connectivity index (χ0v) is 13.9. The molecule has 2 atom stereocenters. The van der Waals surface area contributed by atoms with Crippen molar-refractivity contribution >= 4 is 22.2 Å². The number of nitrogens with zero attached hydrogens (tertiary/aromatic N) is 1. The third-order valence-corrected chi connectivity index (χ3v) is 4.97. The van der Waals surface area contributed by atoms with Crippen LogP contribution < -0.4 is 10.1 Å². The Bertz CT molecular complexity index is 876. The maximum Gasteiger partial charge on any atom is 0.266 e. The minimum Gasteiger partial charge on any atom is -0.480 e. The third-order valence-electron chi connectivity index (χ3n) is 4.23. The van der Waals surface area contributed by atoms with Crippen molar-refractivity contribution in [3.8, 4) is 17.0 Å². The smallest absolute Gasteiger partial charge is 0.266 e. The van der Waals surface area contributed by atoms with Crippen molar-refractivity contribution < 1.29 is 9.53 Å². The van der Waals surface area contributed by atoms with E-state index in [-0.39, 0.29) is 11.8 Å². The molecule has 0 radical (unpaired) electrons. The van der Waals surface area contributed by atoms with E-state index in [1.165, 1.54) is 11.3 Å². The molecule has 24 heavy (non-hydrogen) atoms. The van der Waals surface area contributed by atoms with Crippen LogP contribution in [0.2, 0.25) is 0 Å². The molecule has 0 aliphatic carbocycles. The van der Waals surface area contributed by atoms with Crippen LogP contribution in [0.25, 0.3) is 11.3 Å². The van der Waals surface area contributed by atoms with Gasteiger partial charge in [-0.3, -0.25) is 4.79 Å². The number of hydrogen-bond acceptors (Lipinski definition) is 4. The van der Waals surface area contributed by atoms with Crippen molar-refractivity contribution in [2.75, 3.05) is 5.32 Å². The maximum absolute atomic E-state index is 12.7. The van der Waals surface area contributed by atoms with E-state index < -0.39 is 6.10 Å². The molecular formula is C19H16N2O2S. The molecule has 0 fully saturated rings. The van der Waals surface area contributed by atoms with Crippen LogP contribution >= 0.6 is 11.3 Å². The van der Waals surface area contributed by atoms with E-state index in [0.717, 1.165) is 27.6 Å². The molecule has 1 aliphatic heterocycles. The molecule has 0 unspecified atom stereocenters. The molecule has 4 nitrogen and oxygen atoms in total. The van der Waals surface area contributed by atoms with Crippen molar-refractivity contribution in [1.82, 2.24) is 4.98 Å². The molecular weight excluding hydrogens is 320 g/mol. The maximum atomic E-state index is 12.7. The molecule has 120 valence electrons. The number of hydrogen-bond donors (Lipinski definition) is 1. The fraction of sp³-hybridized carbons (Fsp3) is 0.158. The number of ether oxygens (including phenoxy) is 1. The normalized spacial score (nSPS) is 18.7. The summed E-state index contributed by atoms with van der Waals surface area (Å²) in [6.07, 6.45) is -0.520. The molecule has 1 amide bonds. The average Bonchev–Trinajstić information content (AvgIpc) is 3.21. The highest BCUT2D eigenvalue weighted by Crippen LogP contribution is 2.38. The zero-order chi connectivity index (χ0) is 16.5. The number of carbonyl (C=O) groups excluding carboxylic acids is 1. The van der Waals surface area contributed by atoms with Crippen LogP contribution in [-0.2, 0) is 4.79 Å². The van der Waals surface area contributed by atoms with Gasteiger partial charge in [-0.1, -0.05) is 55.5 Å². The van der Waals surface area contributed by atoms with Gasteiger partial charge in [0.05, 0.1) is 5.51 Å². The van der Waals surface area contributed by atoms with Crippen LogP contribution in [0.15, 0.2) is 60.1 Å². The van der Waals surface area contributed by atoms with E-state index in [1.54, 1.807) is 5.51 Å². The highest BCUT2D eigenvalue weighted by atomic mass is 32.1. The first-order chi connectivity index (χ1) is 11.7. The SMILES string of the molecule is C[C@@H]1c2ccccc2O[C@@H]1C(=O)Nc1scnc1-c1ccccc1. The number of fused-ring (bicyclic) bond motifs is 1. The number of carbonyl (C=O) groups is 1. The van der Waals surface area contributed by atoms with Gasteiger partial charge in [0.2, 0.25) is 0 Å². The lowest BCUT2D eigenvalue weighted by Gasteiger charge is -2.15. The van der Waals surface area contributed by atoms with Crippen molar-refractivity contribution in [3.63, 3.8) is 0 Å². The predicted octanol–water partition coefficient (Wildman–Crippen LogP) is 4.31. The summed E-state index contributed by atoms with van der Waals surface area (Å²) < 4.78 is 5.85. The van der Waals surface area contributed by atoms with Crippen LogP contribution in [0.1, 0.15) is 18.4 Å². The quantitative estimate of drug-likeness (QED) is 0.775. The fourth-order valence-corrected chi connectivity index (χ4v) is 3.67. The largest absolute Gasteiger partial charge is 0.480 e. The van der Waals surface area contributed by atoms with Gasteiger partial charge in [0.25, 0.3) is 5.91 Å². The number of anilines is 1. The molecule has 0 saturated carbocycles. The molecule has 2 heterocycles. The second kappa shape index (κ2) is 6.09. The molecule has 0 spiro atoms.